The Morgan fingerprint density at radius 2 is 1.84 bits per heavy atom. The van der Waals surface area contributed by atoms with Gasteiger partial charge in [0.05, 0.1) is 34.7 Å². The quantitative estimate of drug-likeness (QED) is 0.474. The second kappa shape index (κ2) is 10.3. The molecule has 1 aliphatic rings. The first-order chi connectivity index (χ1) is 14.8. The number of Topliss-reactive ketones (excluding diaryl/α,β-unsaturated/α-hetero) is 1. The van der Waals surface area contributed by atoms with E-state index in [1.165, 1.54) is 16.4 Å². The van der Waals surface area contributed by atoms with Crippen molar-refractivity contribution in [3.8, 4) is 0 Å². The minimum atomic E-state index is -3.77. The number of sulfonamides is 1. The third-order valence-corrected chi connectivity index (χ3v) is 7.41. The van der Waals surface area contributed by atoms with Crippen LogP contribution in [0.4, 0.5) is 5.69 Å². The highest BCUT2D eigenvalue weighted by molar-refractivity contribution is 7.89. The second-order valence-electron chi connectivity index (χ2n) is 7.21. The number of carbonyl (C=O) groups excluding carboxylic acids is 2. The molecule has 0 amide bonds. The first-order valence-corrected chi connectivity index (χ1v) is 11.9. The van der Waals surface area contributed by atoms with Gasteiger partial charge in [-0.25, -0.2) is 8.42 Å². The van der Waals surface area contributed by atoms with Crippen LogP contribution in [0, 0.1) is 5.92 Å². The highest BCUT2D eigenvalue weighted by atomic mass is 35.5. The SMILES string of the molecule is CCOC(=O)C1CCN(S(=O)(=O)c2cccc(C(=O)CNc3ccccc3Cl)c2)CC1. The fourth-order valence-electron chi connectivity index (χ4n) is 3.45. The topological polar surface area (TPSA) is 92.8 Å². The van der Waals surface area contributed by atoms with Gasteiger partial charge in [-0.05, 0) is 44.0 Å². The molecule has 31 heavy (non-hydrogen) atoms. The van der Waals surface area contributed by atoms with E-state index in [-0.39, 0.29) is 42.2 Å². The summed E-state index contributed by atoms with van der Waals surface area (Å²) in [6, 6.07) is 13.1. The van der Waals surface area contributed by atoms with Crippen molar-refractivity contribution >= 4 is 39.1 Å². The fraction of sp³-hybridized carbons (Fsp3) is 0.364. The zero-order valence-electron chi connectivity index (χ0n) is 17.2. The lowest BCUT2D eigenvalue weighted by molar-refractivity contribution is -0.149. The third kappa shape index (κ3) is 5.64. The van der Waals surface area contributed by atoms with E-state index in [0.29, 0.717) is 35.7 Å². The maximum atomic E-state index is 13.1. The number of para-hydroxylation sites is 1. The highest BCUT2D eigenvalue weighted by Crippen LogP contribution is 2.25. The van der Waals surface area contributed by atoms with Crippen molar-refractivity contribution in [3.05, 3.63) is 59.1 Å². The van der Waals surface area contributed by atoms with Crippen LogP contribution in [0.5, 0.6) is 0 Å². The van der Waals surface area contributed by atoms with Gasteiger partial charge in [-0.3, -0.25) is 9.59 Å². The predicted octanol–water partition coefficient (Wildman–Crippen LogP) is 3.60. The van der Waals surface area contributed by atoms with Gasteiger partial charge in [0.1, 0.15) is 0 Å². The summed E-state index contributed by atoms with van der Waals surface area (Å²) in [5, 5.41) is 3.47. The lowest BCUT2D eigenvalue weighted by atomic mass is 9.98. The molecule has 0 spiro atoms. The molecule has 3 rings (SSSR count). The molecule has 1 fully saturated rings. The van der Waals surface area contributed by atoms with Crippen LogP contribution in [0.1, 0.15) is 30.1 Å². The van der Waals surface area contributed by atoms with Crippen molar-refractivity contribution in [2.75, 3.05) is 31.6 Å². The summed E-state index contributed by atoms with van der Waals surface area (Å²) in [6.45, 7) is 2.51. The Morgan fingerprint density at radius 3 is 2.52 bits per heavy atom. The normalized spacial score (nSPS) is 15.4. The van der Waals surface area contributed by atoms with E-state index < -0.39 is 10.0 Å². The van der Waals surface area contributed by atoms with E-state index >= 15 is 0 Å². The number of esters is 1. The number of nitrogens with one attached hydrogen (secondary N) is 1. The lowest BCUT2D eigenvalue weighted by Gasteiger charge is -2.30. The first kappa shape index (κ1) is 23.2. The van der Waals surface area contributed by atoms with Crippen molar-refractivity contribution in [2.24, 2.45) is 5.92 Å². The van der Waals surface area contributed by atoms with Gasteiger partial charge in [0.15, 0.2) is 5.78 Å². The number of rotatable bonds is 8. The number of ether oxygens (including phenoxy) is 1. The fourth-order valence-corrected chi connectivity index (χ4v) is 5.17. The van der Waals surface area contributed by atoms with Crippen LogP contribution in [0.3, 0.4) is 0 Å². The van der Waals surface area contributed by atoms with E-state index in [4.69, 9.17) is 16.3 Å². The molecule has 9 heteroatoms. The Kier molecular flexibility index (Phi) is 7.69. The summed E-state index contributed by atoms with van der Waals surface area (Å²) in [5.41, 5.74) is 0.924. The summed E-state index contributed by atoms with van der Waals surface area (Å²) in [5.74, 6) is -0.814. The summed E-state index contributed by atoms with van der Waals surface area (Å²) >= 11 is 6.08. The summed E-state index contributed by atoms with van der Waals surface area (Å²) in [4.78, 5) is 24.5. The largest absolute Gasteiger partial charge is 0.466 e. The Balaban J connectivity index is 1.67. The van der Waals surface area contributed by atoms with E-state index in [1.807, 2.05) is 0 Å². The lowest BCUT2D eigenvalue weighted by Crippen LogP contribution is -2.40. The van der Waals surface area contributed by atoms with E-state index in [9.17, 15) is 18.0 Å². The number of nitrogens with zero attached hydrogens (tertiary/aromatic N) is 1. The summed E-state index contributed by atoms with van der Waals surface area (Å²) in [6.07, 6.45) is 0.830. The van der Waals surface area contributed by atoms with Crippen LogP contribution < -0.4 is 5.32 Å². The van der Waals surface area contributed by atoms with Crippen molar-refractivity contribution in [2.45, 2.75) is 24.7 Å². The summed E-state index contributed by atoms with van der Waals surface area (Å²) < 4.78 is 32.5. The van der Waals surface area contributed by atoms with Crippen LogP contribution in [-0.2, 0) is 19.6 Å². The van der Waals surface area contributed by atoms with Gasteiger partial charge < -0.3 is 10.1 Å². The number of hydrogen-bond donors (Lipinski definition) is 1. The maximum Gasteiger partial charge on any atom is 0.309 e. The molecule has 2 aromatic carbocycles. The Labute approximate surface area is 187 Å². The number of benzene rings is 2. The van der Waals surface area contributed by atoms with Gasteiger partial charge in [-0.15, -0.1) is 0 Å². The van der Waals surface area contributed by atoms with Crippen LogP contribution >= 0.6 is 11.6 Å². The zero-order valence-corrected chi connectivity index (χ0v) is 18.8. The monoisotopic (exact) mass is 464 g/mol. The van der Waals surface area contributed by atoms with Crippen LogP contribution in [0.2, 0.25) is 5.02 Å². The van der Waals surface area contributed by atoms with E-state index in [2.05, 4.69) is 5.32 Å². The second-order valence-corrected chi connectivity index (χ2v) is 9.56. The van der Waals surface area contributed by atoms with Gasteiger partial charge in [-0.1, -0.05) is 35.9 Å². The number of ketones is 1. The third-order valence-electron chi connectivity index (χ3n) is 5.18. The molecule has 166 valence electrons. The van der Waals surface area contributed by atoms with Crippen LogP contribution in [0.25, 0.3) is 0 Å². The van der Waals surface area contributed by atoms with Crippen molar-refractivity contribution < 1.29 is 22.7 Å². The minimum absolute atomic E-state index is 0.0157. The molecule has 1 saturated heterocycles. The number of halogens is 1. The standard InChI is InChI=1S/C22H25ClN2O5S/c1-2-30-22(27)16-10-12-25(13-11-16)31(28,29)18-7-5-6-17(14-18)21(26)15-24-20-9-4-3-8-19(20)23/h3-9,14,16,24H,2,10-13,15H2,1H3. The van der Waals surface area contributed by atoms with Gasteiger partial charge in [0.2, 0.25) is 10.0 Å². The number of piperidine rings is 1. The molecule has 1 N–H and O–H groups in total. The molecule has 2 aromatic rings. The van der Waals surface area contributed by atoms with Crippen LogP contribution in [-0.4, -0.2) is 50.7 Å². The molecular formula is C22H25ClN2O5S. The van der Waals surface area contributed by atoms with Gasteiger partial charge in [0, 0.05) is 18.7 Å². The highest BCUT2D eigenvalue weighted by Gasteiger charge is 2.33. The average Bonchev–Trinajstić information content (AvgIpc) is 2.78. The predicted molar refractivity (Wildman–Crippen MR) is 119 cm³/mol. The minimum Gasteiger partial charge on any atom is -0.466 e. The Morgan fingerprint density at radius 1 is 1.13 bits per heavy atom. The van der Waals surface area contributed by atoms with Crippen molar-refractivity contribution in [1.29, 1.82) is 0 Å². The smallest absolute Gasteiger partial charge is 0.309 e. The molecule has 0 unspecified atom stereocenters. The zero-order chi connectivity index (χ0) is 22.4. The number of carbonyl (C=O) groups is 2. The molecule has 0 aromatic heterocycles. The Bertz CT molecular complexity index is 1050. The van der Waals surface area contributed by atoms with E-state index in [0.717, 1.165) is 0 Å². The van der Waals surface area contributed by atoms with Gasteiger partial charge >= 0.3 is 5.97 Å². The molecule has 1 heterocycles. The maximum absolute atomic E-state index is 13.1. The molecule has 0 radical (unpaired) electrons. The molecule has 0 aliphatic carbocycles. The molecule has 7 nitrogen and oxygen atoms in total. The molecule has 0 atom stereocenters. The Hall–Kier alpha value is -2.42. The van der Waals surface area contributed by atoms with Crippen molar-refractivity contribution in [3.63, 3.8) is 0 Å². The number of hydrogen-bond acceptors (Lipinski definition) is 6. The molecular weight excluding hydrogens is 440 g/mol. The molecule has 1 aliphatic heterocycles. The molecule has 0 bridgehead atoms. The van der Waals surface area contributed by atoms with Crippen LogP contribution in [0.15, 0.2) is 53.4 Å². The average molecular weight is 465 g/mol. The first-order valence-electron chi connectivity index (χ1n) is 10.1. The van der Waals surface area contributed by atoms with Gasteiger partial charge in [0.25, 0.3) is 0 Å². The van der Waals surface area contributed by atoms with E-state index in [1.54, 1.807) is 43.3 Å². The van der Waals surface area contributed by atoms with Gasteiger partial charge in [-0.2, -0.15) is 4.31 Å². The summed E-state index contributed by atoms with van der Waals surface area (Å²) in [7, 11) is -3.77. The van der Waals surface area contributed by atoms with Crippen molar-refractivity contribution in [1.82, 2.24) is 4.31 Å². The number of anilines is 1. The molecule has 0 saturated carbocycles.